The van der Waals surface area contributed by atoms with Crippen molar-refractivity contribution < 1.29 is 9.59 Å². The van der Waals surface area contributed by atoms with Gasteiger partial charge in [0, 0.05) is 22.9 Å². The topological polar surface area (TPSA) is 86.9 Å². The van der Waals surface area contributed by atoms with Crippen molar-refractivity contribution in [3.8, 4) is 22.6 Å². The number of nitrogens with zero attached hydrogens (tertiary/aromatic N) is 1. The standard InChI is InChI=1S/C37H42N4O2/c42-35(41-33-29-13-21-9-22(15-29)16-30(33)14-21)28-3-1-26(2-4-28)32-20-38-34(40-32)27-5-7-31(8-6-27)39-36(43)37-17-23-10-24(18-37)12-25(11-23)19-37/h1-8,20-25,29-30,33H,9-19H2,(H,38,40)(H,39,43)(H,41,42). The highest BCUT2D eigenvalue weighted by molar-refractivity contribution is 5.96. The van der Waals surface area contributed by atoms with Crippen LogP contribution in [0.4, 0.5) is 5.69 Å². The van der Waals surface area contributed by atoms with Crippen molar-refractivity contribution in [3.63, 3.8) is 0 Å². The monoisotopic (exact) mass is 574 g/mol. The Morgan fingerprint density at radius 3 is 1.86 bits per heavy atom. The van der Waals surface area contributed by atoms with E-state index in [9.17, 15) is 9.59 Å². The molecule has 6 heteroatoms. The minimum absolute atomic E-state index is 0.0599. The predicted molar refractivity (Wildman–Crippen MR) is 167 cm³/mol. The smallest absolute Gasteiger partial charge is 0.251 e. The molecule has 0 radical (unpaired) electrons. The van der Waals surface area contributed by atoms with Gasteiger partial charge in [-0.2, -0.15) is 0 Å². The molecule has 1 heterocycles. The maximum Gasteiger partial charge on any atom is 0.251 e. The first kappa shape index (κ1) is 26.0. The first-order chi connectivity index (χ1) is 21.0. The third-order valence-corrected chi connectivity index (χ3v) is 12.5. The molecule has 8 aliphatic rings. The average Bonchev–Trinajstić information content (AvgIpc) is 3.49. The Morgan fingerprint density at radius 2 is 1.26 bits per heavy atom. The van der Waals surface area contributed by atoms with Crippen molar-refractivity contribution in [1.29, 1.82) is 0 Å². The van der Waals surface area contributed by atoms with Gasteiger partial charge in [0.15, 0.2) is 0 Å². The molecule has 222 valence electrons. The fraction of sp³-hybridized carbons (Fsp3) is 0.541. The second kappa shape index (κ2) is 9.80. The number of aromatic amines is 1. The fourth-order valence-corrected chi connectivity index (χ4v) is 11.2. The van der Waals surface area contributed by atoms with Gasteiger partial charge in [0.1, 0.15) is 5.82 Å². The zero-order chi connectivity index (χ0) is 28.7. The van der Waals surface area contributed by atoms with E-state index in [1.54, 1.807) is 0 Å². The Morgan fingerprint density at radius 1 is 0.698 bits per heavy atom. The number of H-pyrrole nitrogens is 1. The van der Waals surface area contributed by atoms with Crippen LogP contribution in [0.3, 0.4) is 0 Å². The third kappa shape index (κ3) is 4.55. The number of nitrogens with one attached hydrogen (secondary N) is 3. The second-order valence-electron chi connectivity index (χ2n) is 15.4. The van der Waals surface area contributed by atoms with Crippen molar-refractivity contribution in [3.05, 3.63) is 60.3 Å². The maximum atomic E-state index is 13.5. The lowest BCUT2D eigenvalue weighted by atomic mass is 9.49. The van der Waals surface area contributed by atoms with Crippen LogP contribution in [0.25, 0.3) is 22.6 Å². The van der Waals surface area contributed by atoms with Crippen molar-refractivity contribution in [2.75, 3.05) is 5.32 Å². The summed E-state index contributed by atoms with van der Waals surface area (Å²) in [7, 11) is 0. The number of benzene rings is 2. The molecule has 0 atom stereocenters. The van der Waals surface area contributed by atoms with Crippen LogP contribution in [0.1, 0.15) is 81.0 Å². The number of aromatic nitrogens is 2. The Labute approximate surface area is 253 Å². The summed E-state index contributed by atoms with van der Waals surface area (Å²) < 4.78 is 0. The van der Waals surface area contributed by atoms with Crippen LogP contribution in [0.5, 0.6) is 0 Å². The first-order valence-corrected chi connectivity index (χ1v) is 16.8. The van der Waals surface area contributed by atoms with Gasteiger partial charge in [-0.3, -0.25) is 9.59 Å². The molecule has 8 saturated carbocycles. The molecule has 1 aromatic heterocycles. The molecule has 0 aliphatic heterocycles. The van der Waals surface area contributed by atoms with E-state index in [0.29, 0.717) is 17.9 Å². The molecular weight excluding hydrogens is 532 g/mol. The van der Waals surface area contributed by atoms with E-state index in [1.807, 2.05) is 54.7 Å². The molecular formula is C37H42N4O2. The predicted octanol–water partition coefficient (Wildman–Crippen LogP) is 7.45. The largest absolute Gasteiger partial charge is 0.349 e. The number of hydrogen-bond acceptors (Lipinski definition) is 3. The minimum Gasteiger partial charge on any atom is -0.349 e. The first-order valence-electron chi connectivity index (χ1n) is 16.8. The van der Waals surface area contributed by atoms with Crippen molar-refractivity contribution in [2.24, 2.45) is 46.8 Å². The highest BCUT2D eigenvalue weighted by Gasteiger charge is 2.54. The lowest BCUT2D eigenvalue weighted by molar-refractivity contribution is -0.140. The van der Waals surface area contributed by atoms with Gasteiger partial charge in [-0.15, -0.1) is 0 Å². The van der Waals surface area contributed by atoms with Crippen LogP contribution in [-0.2, 0) is 4.79 Å². The molecule has 0 unspecified atom stereocenters. The quantitative estimate of drug-likeness (QED) is 0.286. The molecule has 3 N–H and O–H groups in total. The normalized spacial score (nSPS) is 36.6. The highest BCUT2D eigenvalue weighted by Crippen LogP contribution is 2.60. The van der Waals surface area contributed by atoms with Gasteiger partial charge in [-0.25, -0.2) is 4.98 Å². The van der Waals surface area contributed by atoms with Gasteiger partial charge in [0.05, 0.1) is 17.3 Å². The summed E-state index contributed by atoms with van der Waals surface area (Å²) in [6.07, 6.45) is 15.7. The lowest BCUT2D eigenvalue weighted by Gasteiger charge is -2.55. The van der Waals surface area contributed by atoms with Gasteiger partial charge in [0.25, 0.3) is 5.91 Å². The second-order valence-corrected chi connectivity index (χ2v) is 15.4. The summed E-state index contributed by atoms with van der Waals surface area (Å²) in [5.74, 6) is 6.52. The highest BCUT2D eigenvalue weighted by atomic mass is 16.2. The van der Waals surface area contributed by atoms with Crippen molar-refractivity contribution in [2.45, 2.75) is 76.7 Å². The summed E-state index contributed by atoms with van der Waals surface area (Å²) in [6, 6.07) is 16.3. The lowest BCUT2D eigenvalue weighted by Crippen LogP contribution is -2.55. The van der Waals surface area contributed by atoms with Crippen LogP contribution in [0.2, 0.25) is 0 Å². The van der Waals surface area contributed by atoms with Gasteiger partial charge in [0.2, 0.25) is 5.91 Å². The van der Waals surface area contributed by atoms with Gasteiger partial charge in [-0.1, -0.05) is 12.1 Å². The number of amides is 2. The van der Waals surface area contributed by atoms with Gasteiger partial charge >= 0.3 is 0 Å². The van der Waals surface area contributed by atoms with E-state index in [1.165, 1.54) is 51.4 Å². The zero-order valence-corrected chi connectivity index (χ0v) is 24.9. The Bertz CT molecular complexity index is 1490. The van der Waals surface area contributed by atoms with E-state index >= 15 is 0 Å². The summed E-state index contributed by atoms with van der Waals surface area (Å²) in [6.45, 7) is 0. The number of rotatable bonds is 6. The zero-order valence-electron chi connectivity index (χ0n) is 24.9. The van der Waals surface area contributed by atoms with Crippen LogP contribution in [0, 0.1) is 46.8 Å². The van der Waals surface area contributed by atoms with Crippen LogP contribution in [-0.4, -0.2) is 27.8 Å². The van der Waals surface area contributed by atoms with E-state index < -0.39 is 0 Å². The maximum absolute atomic E-state index is 13.5. The molecule has 2 amide bonds. The van der Waals surface area contributed by atoms with E-state index in [4.69, 9.17) is 0 Å². The number of carbonyl (C=O) groups is 2. The minimum atomic E-state index is -0.144. The van der Waals surface area contributed by atoms with E-state index in [-0.39, 0.29) is 17.2 Å². The van der Waals surface area contributed by atoms with Gasteiger partial charge < -0.3 is 15.6 Å². The van der Waals surface area contributed by atoms with Crippen LogP contribution >= 0.6 is 0 Å². The Balaban J connectivity index is 0.842. The van der Waals surface area contributed by atoms with Crippen LogP contribution < -0.4 is 10.6 Å². The number of carbonyl (C=O) groups excluding carboxylic acids is 2. The van der Waals surface area contributed by atoms with Crippen molar-refractivity contribution >= 4 is 17.5 Å². The SMILES string of the molecule is O=C(NC1C2CC3CC(C2)CC1C3)c1ccc(-c2cnc(-c3ccc(NC(=O)C45CC6CC(CC(C6)C4)C5)cc3)[nH]2)cc1. The molecule has 0 saturated heterocycles. The summed E-state index contributed by atoms with van der Waals surface area (Å²) in [4.78, 5) is 34.7. The third-order valence-electron chi connectivity index (χ3n) is 12.5. The number of anilines is 1. The molecule has 6 nitrogen and oxygen atoms in total. The summed E-state index contributed by atoms with van der Waals surface area (Å²) >= 11 is 0. The molecule has 0 spiro atoms. The number of hydrogen-bond donors (Lipinski definition) is 3. The Hall–Kier alpha value is -3.41. The molecule has 8 aliphatic carbocycles. The molecule has 11 rings (SSSR count). The van der Waals surface area contributed by atoms with E-state index in [2.05, 4.69) is 20.6 Å². The summed E-state index contributed by atoms with van der Waals surface area (Å²) in [5, 5.41) is 6.69. The average molecular weight is 575 g/mol. The molecule has 8 fully saturated rings. The van der Waals surface area contributed by atoms with Crippen LogP contribution in [0.15, 0.2) is 54.7 Å². The number of imidazole rings is 1. The van der Waals surface area contributed by atoms with Gasteiger partial charge in [-0.05, 0) is 154 Å². The van der Waals surface area contributed by atoms with Crippen molar-refractivity contribution in [1.82, 2.24) is 15.3 Å². The molecule has 2 aromatic carbocycles. The molecule has 8 bridgehead atoms. The fourth-order valence-electron chi connectivity index (χ4n) is 11.2. The summed E-state index contributed by atoms with van der Waals surface area (Å²) in [5.41, 5.74) is 4.34. The Kier molecular flexibility index (Phi) is 5.93. The molecule has 3 aromatic rings. The molecule has 43 heavy (non-hydrogen) atoms. The van der Waals surface area contributed by atoms with E-state index in [0.717, 1.165) is 82.7 Å².